The van der Waals surface area contributed by atoms with Gasteiger partial charge in [-0.25, -0.2) is 9.59 Å². The molecule has 1 aromatic rings. The van der Waals surface area contributed by atoms with Crippen molar-refractivity contribution in [3.8, 4) is 0 Å². The van der Waals surface area contributed by atoms with Gasteiger partial charge in [0.15, 0.2) is 5.69 Å². The minimum atomic E-state index is -0.538. The molecule has 1 aromatic heterocycles. The Morgan fingerprint density at radius 3 is 2.57 bits per heavy atom. The van der Waals surface area contributed by atoms with Gasteiger partial charge in [-0.3, -0.25) is 4.68 Å². The summed E-state index contributed by atoms with van der Waals surface area (Å²) in [6.45, 7) is 9.51. The third kappa shape index (κ3) is 5.45. The van der Waals surface area contributed by atoms with Crippen LogP contribution in [0.2, 0.25) is 0 Å². The monoisotopic (exact) mass is 297 g/mol. The average molecular weight is 297 g/mol. The van der Waals surface area contributed by atoms with Crippen LogP contribution in [0.25, 0.3) is 0 Å². The molecule has 0 aliphatic rings. The Morgan fingerprint density at radius 1 is 1.43 bits per heavy atom. The molecule has 1 amide bonds. The number of hydrogen-bond donors (Lipinski definition) is 1. The Bertz CT molecular complexity index is 517. The van der Waals surface area contributed by atoms with Crippen molar-refractivity contribution in [2.24, 2.45) is 0 Å². The van der Waals surface area contributed by atoms with E-state index in [2.05, 4.69) is 15.2 Å². The number of nitrogens with one attached hydrogen (secondary N) is 1. The maximum atomic E-state index is 11.7. The molecule has 1 rings (SSSR count). The number of methoxy groups -OCH3 is 1. The second-order valence-corrected chi connectivity index (χ2v) is 5.89. The smallest absolute Gasteiger partial charge is 0.407 e. The molecule has 1 N–H and O–H groups in total. The quantitative estimate of drug-likeness (QED) is 0.858. The van der Waals surface area contributed by atoms with Gasteiger partial charge in [0.05, 0.1) is 13.7 Å². The molecule has 1 unspecified atom stereocenters. The van der Waals surface area contributed by atoms with E-state index in [1.54, 1.807) is 31.5 Å². The first kappa shape index (κ1) is 17.0. The minimum Gasteiger partial charge on any atom is -0.464 e. The molecule has 1 heterocycles. The third-order valence-electron chi connectivity index (χ3n) is 2.59. The molecule has 21 heavy (non-hydrogen) atoms. The first-order chi connectivity index (χ1) is 9.62. The Kier molecular flexibility index (Phi) is 5.34. The summed E-state index contributed by atoms with van der Waals surface area (Å²) < 4.78 is 11.5. The van der Waals surface area contributed by atoms with Crippen LogP contribution in [0.1, 0.15) is 43.9 Å². The van der Waals surface area contributed by atoms with Crippen molar-refractivity contribution in [2.75, 3.05) is 7.11 Å². The number of rotatable bonds is 4. The average Bonchev–Trinajstić information content (AvgIpc) is 2.67. The van der Waals surface area contributed by atoms with Gasteiger partial charge in [-0.2, -0.15) is 5.10 Å². The number of aryl methyl sites for hydroxylation is 1. The van der Waals surface area contributed by atoms with Crippen LogP contribution in [0.15, 0.2) is 6.07 Å². The van der Waals surface area contributed by atoms with Gasteiger partial charge in [0.1, 0.15) is 5.60 Å². The molecule has 0 saturated carbocycles. The molecular weight excluding hydrogens is 274 g/mol. The van der Waals surface area contributed by atoms with Gasteiger partial charge in [0, 0.05) is 11.7 Å². The SMILES string of the molecule is COC(=O)c1cc(C)n(CC(C)NC(=O)OC(C)(C)C)n1. The van der Waals surface area contributed by atoms with Crippen molar-refractivity contribution in [2.45, 2.75) is 52.8 Å². The lowest BCUT2D eigenvalue weighted by Crippen LogP contribution is -2.39. The van der Waals surface area contributed by atoms with E-state index in [0.29, 0.717) is 6.54 Å². The van der Waals surface area contributed by atoms with Gasteiger partial charge in [-0.1, -0.05) is 0 Å². The maximum absolute atomic E-state index is 11.7. The number of nitrogens with zero attached hydrogens (tertiary/aromatic N) is 2. The zero-order valence-electron chi connectivity index (χ0n) is 13.4. The van der Waals surface area contributed by atoms with Gasteiger partial charge in [-0.05, 0) is 40.7 Å². The summed E-state index contributed by atoms with van der Waals surface area (Å²) in [5.41, 5.74) is 0.524. The molecule has 0 saturated heterocycles. The van der Waals surface area contributed by atoms with E-state index in [4.69, 9.17) is 4.74 Å². The zero-order valence-corrected chi connectivity index (χ0v) is 13.4. The van der Waals surface area contributed by atoms with E-state index in [9.17, 15) is 9.59 Å². The molecule has 0 fully saturated rings. The number of carbonyl (C=O) groups excluding carboxylic acids is 2. The van der Waals surface area contributed by atoms with Crippen LogP contribution in [0.3, 0.4) is 0 Å². The molecule has 0 aromatic carbocycles. The predicted octanol–water partition coefficient (Wildman–Crippen LogP) is 1.89. The second-order valence-electron chi connectivity index (χ2n) is 5.89. The van der Waals surface area contributed by atoms with E-state index < -0.39 is 17.7 Å². The van der Waals surface area contributed by atoms with Crippen molar-refractivity contribution in [3.63, 3.8) is 0 Å². The van der Waals surface area contributed by atoms with Crippen LogP contribution in [-0.4, -0.2) is 40.6 Å². The van der Waals surface area contributed by atoms with Crippen molar-refractivity contribution in [1.29, 1.82) is 0 Å². The highest BCUT2D eigenvalue weighted by Gasteiger charge is 2.19. The number of carbonyl (C=O) groups is 2. The Morgan fingerprint density at radius 2 is 2.05 bits per heavy atom. The number of amides is 1. The number of hydrogen-bond acceptors (Lipinski definition) is 5. The lowest BCUT2D eigenvalue weighted by Gasteiger charge is -2.22. The molecule has 0 radical (unpaired) electrons. The first-order valence-corrected chi connectivity index (χ1v) is 6.74. The largest absolute Gasteiger partial charge is 0.464 e. The Labute approximate surface area is 124 Å². The van der Waals surface area contributed by atoms with Gasteiger partial charge >= 0.3 is 12.1 Å². The Balaban J connectivity index is 2.63. The van der Waals surface area contributed by atoms with E-state index in [-0.39, 0.29) is 11.7 Å². The maximum Gasteiger partial charge on any atom is 0.407 e. The highest BCUT2D eigenvalue weighted by atomic mass is 16.6. The Hall–Kier alpha value is -2.05. The minimum absolute atomic E-state index is 0.191. The van der Waals surface area contributed by atoms with Crippen LogP contribution >= 0.6 is 0 Å². The number of alkyl carbamates (subject to hydrolysis) is 1. The summed E-state index contributed by atoms with van der Waals surface area (Å²) in [6.07, 6.45) is -0.479. The van der Waals surface area contributed by atoms with Crippen molar-refractivity contribution >= 4 is 12.1 Å². The summed E-state index contributed by atoms with van der Waals surface area (Å²) in [7, 11) is 1.31. The van der Waals surface area contributed by atoms with E-state index >= 15 is 0 Å². The molecule has 118 valence electrons. The molecule has 1 atom stereocenters. The molecule has 0 aliphatic carbocycles. The lowest BCUT2D eigenvalue weighted by molar-refractivity contribution is 0.0500. The normalized spacial score (nSPS) is 12.7. The van der Waals surface area contributed by atoms with Gasteiger partial charge < -0.3 is 14.8 Å². The first-order valence-electron chi connectivity index (χ1n) is 6.74. The fourth-order valence-corrected chi connectivity index (χ4v) is 1.71. The number of esters is 1. The fourth-order valence-electron chi connectivity index (χ4n) is 1.71. The summed E-state index contributed by atoms with van der Waals surface area (Å²) in [4.78, 5) is 23.1. The van der Waals surface area contributed by atoms with E-state index in [0.717, 1.165) is 5.69 Å². The fraction of sp³-hybridized carbons (Fsp3) is 0.643. The van der Waals surface area contributed by atoms with E-state index in [1.807, 2.05) is 13.8 Å². The van der Waals surface area contributed by atoms with Crippen LogP contribution in [0, 0.1) is 6.92 Å². The topological polar surface area (TPSA) is 82.5 Å². The van der Waals surface area contributed by atoms with Crippen molar-refractivity contribution < 1.29 is 19.1 Å². The van der Waals surface area contributed by atoms with Gasteiger partial charge in [-0.15, -0.1) is 0 Å². The van der Waals surface area contributed by atoms with Crippen LogP contribution < -0.4 is 5.32 Å². The number of ether oxygens (including phenoxy) is 2. The lowest BCUT2D eigenvalue weighted by atomic mass is 10.2. The number of aromatic nitrogens is 2. The highest BCUT2D eigenvalue weighted by molar-refractivity contribution is 5.87. The molecule has 0 bridgehead atoms. The summed E-state index contributed by atoms with van der Waals surface area (Å²) in [6, 6.07) is 1.45. The molecule has 0 spiro atoms. The van der Waals surface area contributed by atoms with Crippen LogP contribution in [0.5, 0.6) is 0 Å². The zero-order chi connectivity index (χ0) is 16.2. The van der Waals surface area contributed by atoms with E-state index in [1.165, 1.54) is 7.11 Å². The van der Waals surface area contributed by atoms with Gasteiger partial charge in [0.25, 0.3) is 0 Å². The highest BCUT2D eigenvalue weighted by Crippen LogP contribution is 2.08. The van der Waals surface area contributed by atoms with Crippen molar-refractivity contribution in [3.05, 3.63) is 17.5 Å². The van der Waals surface area contributed by atoms with Crippen LogP contribution in [0.4, 0.5) is 4.79 Å². The third-order valence-corrected chi connectivity index (χ3v) is 2.59. The summed E-state index contributed by atoms with van der Waals surface area (Å²) >= 11 is 0. The molecule has 7 heteroatoms. The second kappa shape index (κ2) is 6.60. The van der Waals surface area contributed by atoms with Gasteiger partial charge in [0.2, 0.25) is 0 Å². The molecule has 7 nitrogen and oxygen atoms in total. The summed E-state index contributed by atoms with van der Waals surface area (Å²) in [5.74, 6) is -0.482. The van der Waals surface area contributed by atoms with Crippen LogP contribution in [-0.2, 0) is 16.0 Å². The molecule has 0 aliphatic heterocycles. The predicted molar refractivity (Wildman–Crippen MR) is 77.1 cm³/mol. The van der Waals surface area contributed by atoms with Crippen molar-refractivity contribution in [1.82, 2.24) is 15.1 Å². The standard InChI is InChI=1S/C14H23N3O4/c1-9(15-13(19)21-14(3,4)5)8-17-10(2)7-11(16-17)12(18)20-6/h7,9H,8H2,1-6H3,(H,15,19). The molecular formula is C14H23N3O4. The summed E-state index contributed by atoms with van der Waals surface area (Å²) in [5, 5.41) is 6.88.